The van der Waals surface area contributed by atoms with E-state index in [0.29, 0.717) is 6.54 Å². The van der Waals surface area contributed by atoms with E-state index in [4.69, 9.17) is 4.74 Å². The van der Waals surface area contributed by atoms with Gasteiger partial charge in [-0.3, -0.25) is 14.6 Å². The van der Waals surface area contributed by atoms with Crippen molar-refractivity contribution in [3.63, 3.8) is 0 Å². The largest absolute Gasteiger partial charge is 0.497 e. The molecule has 1 atom stereocenters. The van der Waals surface area contributed by atoms with E-state index >= 15 is 0 Å². The van der Waals surface area contributed by atoms with Crippen molar-refractivity contribution in [3.8, 4) is 5.75 Å². The van der Waals surface area contributed by atoms with Crippen LogP contribution in [0.15, 0.2) is 54.7 Å². The first-order valence-corrected chi connectivity index (χ1v) is 7.88. The number of carbonyl (C=O) groups excluding carboxylic acids is 2. The number of hydrogen-bond donors (Lipinski definition) is 2. The molecule has 0 aliphatic heterocycles. The third-order valence-corrected chi connectivity index (χ3v) is 3.46. The number of rotatable bonds is 7. The van der Waals surface area contributed by atoms with Crippen LogP contribution in [0.4, 0.5) is 0 Å². The Morgan fingerprint density at radius 2 is 1.96 bits per heavy atom. The van der Waals surface area contributed by atoms with E-state index in [0.717, 1.165) is 17.0 Å². The Bertz CT molecular complexity index is 727. The van der Waals surface area contributed by atoms with Gasteiger partial charge in [-0.15, -0.1) is 0 Å². The molecule has 0 aliphatic carbocycles. The molecule has 0 spiro atoms. The van der Waals surface area contributed by atoms with Crippen LogP contribution < -0.4 is 15.4 Å². The molecule has 0 radical (unpaired) electrons. The van der Waals surface area contributed by atoms with E-state index in [9.17, 15) is 9.59 Å². The first-order chi connectivity index (χ1) is 12.1. The molecule has 2 aromatic rings. The van der Waals surface area contributed by atoms with Crippen molar-refractivity contribution in [1.29, 1.82) is 0 Å². The van der Waals surface area contributed by atoms with Crippen LogP contribution in [0.5, 0.6) is 5.75 Å². The number of carbonyl (C=O) groups is 2. The molecule has 0 saturated heterocycles. The number of hydrogen-bond acceptors (Lipinski definition) is 4. The third kappa shape index (κ3) is 6.10. The van der Waals surface area contributed by atoms with Crippen molar-refractivity contribution >= 4 is 17.9 Å². The fraction of sp³-hybridized carbons (Fsp3) is 0.211. The highest BCUT2D eigenvalue weighted by Crippen LogP contribution is 2.12. The lowest BCUT2D eigenvalue weighted by molar-refractivity contribution is -0.126. The first kappa shape index (κ1) is 18.2. The van der Waals surface area contributed by atoms with Gasteiger partial charge in [0, 0.05) is 12.3 Å². The van der Waals surface area contributed by atoms with E-state index in [2.05, 4.69) is 15.6 Å². The van der Waals surface area contributed by atoms with E-state index < -0.39 is 6.04 Å². The van der Waals surface area contributed by atoms with Gasteiger partial charge >= 0.3 is 0 Å². The zero-order chi connectivity index (χ0) is 18.1. The van der Waals surface area contributed by atoms with E-state index in [1.807, 2.05) is 42.5 Å². The van der Waals surface area contributed by atoms with Gasteiger partial charge in [-0.2, -0.15) is 0 Å². The van der Waals surface area contributed by atoms with Crippen LogP contribution in [0, 0.1) is 0 Å². The summed E-state index contributed by atoms with van der Waals surface area (Å²) >= 11 is 0. The Balaban J connectivity index is 1.80. The molecule has 25 heavy (non-hydrogen) atoms. The predicted molar refractivity (Wildman–Crippen MR) is 95.7 cm³/mol. The Morgan fingerprint density at radius 3 is 2.60 bits per heavy atom. The maximum absolute atomic E-state index is 12.0. The summed E-state index contributed by atoms with van der Waals surface area (Å²) in [6, 6.07) is 12.1. The molecule has 2 rings (SSSR count). The molecule has 0 saturated carbocycles. The summed E-state index contributed by atoms with van der Waals surface area (Å²) in [6.07, 6.45) is 4.73. The third-order valence-electron chi connectivity index (χ3n) is 3.46. The van der Waals surface area contributed by atoms with Crippen molar-refractivity contribution in [1.82, 2.24) is 15.6 Å². The van der Waals surface area contributed by atoms with Crippen LogP contribution >= 0.6 is 0 Å². The molecule has 0 fully saturated rings. The average Bonchev–Trinajstić information content (AvgIpc) is 2.65. The molecule has 0 bridgehead atoms. The standard InChI is InChI=1S/C19H21N3O3/c1-14(19(24)21-13-16-5-3-4-12-20-16)22-18(23)11-8-15-6-9-17(25-2)10-7-15/h3-12,14H,13H2,1-2H3,(H,21,24)(H,22,23)/b11-8+/t14-/m1/s1. The molecule has 1 aromatic heterocycles. The van der Waals surface area contributed by atoms with Crippen molar-refractivity contribution < 1.29 is 14.3 Å². The number of ether oxygens (including phenoxy) is 1. The summed E-state index contributed by atoms with van der Waals surface area (Å²) in [7, 11) is 1.60. The number of nitrogens with zero attached hydrogens (tertiary/aromatic N) is 1. The lowest BCUT2D eigenvalue weighted by Crippen LogP contribution is -2.44. The summed E-state index contributed by atoms with van der Waals surface area (Å²) in [5.74, 6) is 0.146. The Morgan fingerprint density at radius 1 is 1.20 bits per heavy atom. The summed E-state index contributed by atoms with van der Waals surface area (Å²) in [4.78, 5) is 28.0. The minimum atomic E-state index is -0.642. The minimum Gasteiger partial charge on any atom is -0.497 e. The van der Waals surface area contributed by atoms with Crippen LogP contribution in [0.25, 0.3) is 6.08 Å². The fourth-order valence-corrected chi connectivity index (χ4v) is 2.05. The molecule has 0 unspecified atom stereocenters. The average molecular weight is 339 g/mol. The predicted octanol–water partition coefficient (Wildman–Crippen LogP) is 1.92. The number of amides is 2. The molecular formula is C19H21N3O3. The fourth-order valence-electron chi connectivity index (χ4n) is 2.05. The summed E-state index contributed by atoms with van der Waals surface area (Å²) in [6.45, 7) is 1.95. The van der Waals surface area contributed by atoms with Crippen LogP contribution in [0.3, 0.4) is 0 Å². The van der Waals surface area contributed by atoms with E-state index in [-0.39, 0.29) is 11.8 Å². The Kier molecular flexibility index (Phi) is 6.71. The zero-order valence-corrected chi connectivity index (χ0v) is 14.2. The molecule has 1 aromatic carbocycles. The van der Waals surface area contributed by atoms with Crippen LogP contribution in [-0.4, -0.2) is 29.9 Å². The Hall–Kier alpha value is -3.15. The highest BCUT2D eigenvalue weighted by atomic mass is 16.5. The van der Waals surface area contributed by atoms with Crippen LogP contribution in [0.1, 0.15) is 18.2 Å². The lowest BCUT2D eigenvalue weighted by Gasteiger charge is -2.12. The molecule has 1 heterocycles. The quantitative estimate of drug-likeness (QED) is 0.755. The van der Waals surface area contributed by atoms with Gasteiger partial charge in [0.15, 0.2) is 0 Å². The van der Waals surface area contributed by atoms with Gasteiger partial charge in [-0.05, 0) is 42.8 Å². The van der Waals surface area contributed by atoms with Gasteiger partial charge in [0.2, 0.25) is 11.8 Å². The van der Waals surface area contributed by atoms with Crippen LogP contribution in [0.2, 0.25) is 0 Å². The highest BCUT2D eigenvalue weighted by molar-refractivity contribution is 5.95. The maximum atomic E-state index is 12.0. The summed E-state index contributed by atoms with van der Waals surface area (Å²) < 4.78 is 5.08. The van der Waals surface area contributed by atoms with Gasteiger partial charge in [0.1, 0.15) is 11.8 Å². The van der Waals surface area contributed by atoms with E-state index in [1.165, 1.54) is 6.08 Å². The molecule has 0 aliphatic rings. The topological polar surface area (TPSA) is 80.3 Å². The van der Waals surface area contributed by atoms with Gasteiger partial charge in [-0.25, -0.2) is 0 Å². The first-order valence-electron chi connectivity index (χ1n) is 7.88. The van der Waals surface area contributed by atoms with Crippen molar-refractivity contribution in [2.75, 3.05) is 7.11 Å². The molecule has 2 amide bonds. The highest BCUT2D eigenvalue weighted by Gasteiger charge is 2.13. The second-order valence-corrected chi connectivity index (χ2v) is 5.38. The van der Waals surface area contributed by atoms with Crippen molar-refractivity contribution in [3.05, 3.63) is 66.0 Å². The molecule has 2 N–H and O–H groups in total. The summed E-state index contributed by atoms with van der Waals surface area (Å²) in [5.41, 5.74) is 1.62. The van der Waals surface area contributed by atoms with Gasteiger partial charge in [-0.1, -0.05) is 18.2 Å². The minimum absolute atomic E-state index is 0.267. The van der Waals surface area contributed by atoms with Crippen molar-refractivity contribution in [2.24, 2.45) is 0 Å². The Labute approximate surface area is 146 Å². The second-order valence-electron chi connectivity index (χ2n) is 5.38. The molecule has 6 heteroatoms. The normalized spacial score (nSPS) is 11.8. The smallest absolute Gasteiger partial charge is 0.244 e. The van der Waals surface area contributed by atoms with Crippen molar-refractivity contribution in [2.45, 2.75) is 19.5 Å². The number of methoxy groups -OCH3 is 1. The molecule has 6 nitrogen and oxygen atoms in total. The SMILES string of the molecule is COc1ccc(/C=C/C(=O)N[C@H](C)C(=O)NCc2ccccn2)cc1. The van der Waals surface area contributed by atoms with Gasteiger partial charge in [0.05, 0.1) is 19.3 Å². The maximum Gasteiger partial charge on any atom is 0.244 e. The van der Waals surface area contributed by atoms with Gasteiger partial charge in [0.25, 0.3) is 0 Å². The zero-order valence-electron chi connectivity index (χ0n) is 14.2. The number of aromatic nitrogens is 1. The number of pyridine rings is 1. The number of nitrogens with one attached hydrogen (secondary N) is 2. The monoisotopic (exact) mass is 339 g/mol. The molecule has 130 valence electrons. The second kappa shape index (κ2) is 9.22. The number of benzene rings is 1. The van der Waals surface area contributed by atoms with E-state index in [1.54, 1.807) is 26.3 Å². The van der Waals surface area contributed by atoms with Gasteiger partial charge < -0.3 is 15.4 Å². The lowest BCUT2D eigenvalue weighted by atomic mass is 10.2. The summed E-state index contributed by atoms with van der Waals surface area (Å²) in [5, 5.41) is 5.36. The molecular weight excluding hydrogens is 318 g/mol. The van der Waals surface area contributed by atoms with Crippen LogP contribution in [-0.2, 0) is 16.1 Å².